The predicted molar refractivity (Wildman–Crippen MR) is 76.4 cm³/mol. The molecule has 0 unspecified atom stereocenters. The Bertz CT molecular complexity index is 665. The van der Waals surface area contributed by atoms with Crippen LogP contribution >= 0.6 is 0 Å². The highest BCUT2D eigenvalue weighted by molar-refractivity contribution is 6.02. The molecule has 0 spiro atoms. The fraction of sp³-hybridized carbons (Fsp3) is 0.231. The smallest absolute Gasteiger partial charge is 0.325 e. The third-order valence-corrected chi connectivity index (χ3v) is 2.69. The van der Waals surface area contributed by atoms with E-state index in [1.54, 1.807) is 6.07 Å². The number of benzene rings is 1. The minimum absolute atomic E-state index is 0.0616. The van der Waals surface area contributed by atoms with Gasteiger partial charge in [-0.1, -0.05) is 11.3 Å². The average molecular weight is 289 g/mol. The number of amides is 1. The average Bonchev–Trinajstić information content (AvgIpc) is 2.86. The van der Waals surface area contributed by atoms with Gasteiger partial charge in [-0.3, -0.25) is 9.59 Å². The Hall–Kier alpha value is -2.90. The predicted octanol–water partition coefficient (Wildman–Crippen LogP) is 0.681. The van der Waals surface area contributed by atoms with Crippen LogP contribution in [0.2, 0.25) is 0 Å². The van der Waals surface area contributed by atoms with Gasteiger partial charge in [0.15, 0.2) is 5.69 Å². The summed E-state index contributed by atoms with van der Waals surface area (Å²) in [5.41, 5.74) is 1.63. The number of carbonyl (C=O) groups is 2. The van der Waals surface area contributed by atoms with Gasteiger partial charge >= 0.3 is 5.97 Å². The van der Waals surface area contributed by atoms with E-state index < -0.39 is 11.9 Å². The van der Waals surface area contributed by atoms with E-state index in [4.69, 9.17) is 5.11 Å². The molecule has 0 saturated carbocycles. The van der Waals surface area contributed by atoms with Gasteiger partial charge in [-0.2, -0.15) is 0 Å². The van der Waals surface area contributed by atoms with Crippen LogP contribution in [-0.2, 0) is 11.3 Å². The van der Waals surface area contributed by atoms with E-state index in [-0.39, 0.29) is 12.2 Å². The van der Waals surface area contributed by atoms with Crippen molar-refractivity contribution >= 4 is 23.3 Å². The van der Waals surface area contributed by atoms with E-state index in [9.17, 15) is 9.59 Å². The van der Waals surface area contributed by atoms with Crippen LogP contribution in [-0.4, -0.2) is 46.1 Å². The Morgan fingerprint density at radius 1 is 1.38 bits per heavy atom. The normalized spacial score (nSPS) is 10.2. The largest absolute Gasteiger partial charge is 0.480 e. The van der Waals surface area contributed by atoms with Crippen LogP contribution in [0.4, 0.5) is 11.4 Å². The van der Waals surface area contributed by atoms with Gasteiger partial charge in [0.25, 0.3) is 5.91 Å². The van der Waals surface area contributed by atoms with Crippen molar-refractivity contribution < 1.29 is 14.7 Å². The molecule has 0 atom stereocenters. The van der Waals surface area contributed by atoms with Crippen LogP contribution in [0.25, 0.3) is 0 Å². The molecule has 21 heavy (non-hydrogen) atoms. The zero-order valence-corrected chi connectivity index (χ0v) is 11.6. The van der Waals surface area contributed by atoms with E-state index in [1.165, 1.54) is 6.20 Å². The highest BCUT2D eigenvalue weighted by Gasteiger charge is 2.12. The molecule has 110 valence electrons. The number of carboxylic acid groups (broad SMARTS) is 1. The molecular weight excluding hydrogens is 274 g/mol. The van der Waals surface area contributed by atoms with E-state index in [1.807, 2.05) is 37.2 Å². The number of carbonyl (C=O) groups excluding carboxylic acids is 1. The molecule has 2 rings (SSSR count). The van der Waals surface area contributed by atoms with Gasteiger partial charge < -0.3 is 15.3 Å². The summed E-state index contributed by atoms with van der Waals surface area (Å²) in [6.07, 6.45) is 1.29. The fourth-order valence-electron chi connectivity index (χ4n) is 1.68. The molecule has 8 heteroatoms. The molecule has 0 aliphatic heterocycles. The molecule has 0 radical (unpaired) electrons. The maximum atomic E-state index is 12.0. The molecule has 1 amide bonds. The van der Waals surface area contributed by atoms with Gasteiger partial charge in [0.05, 0.1) is 6.20 Å². The second-order valence-electron chi connectivity index (χ2n) is 4.59. The van der Waals surface area contributed by atoms with E-state index >= 15 is 0 Å². The minimum atomic E-state index is -1.05. The highest BCUT2D eigenvalue weighted by Crippen LogP contribution is 2.17. The van der Waals surface area contributed by atoms with E-state index in [2.05, 4.69) is 15.6 Å². The maximum Gasteiger partial charge on any atom is 0.325 e. The SMILES string of the molecule is CN(C)c1cccc(NC(=O)c2cn(CC(=O)O)nn2)c1. The number of aromatic nitrogens is 3. The lowest BCUT2D eigenvalue weighted by atomic mass is 10.2. The van der Waals surface area contributed by atoms with Crippen LogP contribution in [0, 0.1) is 0 Å². The number of nitrogens with one attached hydrogen (secondary N) is 1. The number of anilines is 2. The monoisotopic (exact) mass is 289 g/mol. The summed E-state index contributed by atoms with van der Waals surface area (Å²) >= 11 is 0. The summed E-state index contributed by atoms with van der Waals surface area (Å²) in [6, 6.07) is 7.32. The first kappa shape index (κ1) is 14.5. The molecule has 0 fully saturated rings. The number of hydrogen-bond acceptors (Lipinski definition) is 5. The summed E-state index contributed by atoms with van der Waals surface area (Å²) < 4.78 is 1.09. The van der Waals surface area contributed by atoms with Gasteiger partial charge in [0, 0.05) is 25.5 Å². The molecule has 2 aromatic rings. The van der Waals surface area contributed by atoms with Gasteiger partial charge in [-0.05, 0) is 18.2 Å². The van der Waals surface area contributed by atoms with Crippen molar-refractivity contribution in [1.29, 1.82) is 0 Å². The lowest BCUT2D eigenvalue weighted by Gasteiger charge is -2.13. The number of hydrogen-bond donors (Lipinski definition) is 2. The van der Waals surface area contributed by atoms with Crippen LogP contribution in [0.1, 0.15) is 10.5 Å². The summed E-state index contributed by atoms with van der Waals surface area (Å²) in [7, 11) is 3.80. The van der Waals surface area contributed by atoms with Crippen molar-refractivity contribution in [2.24, 2.45) is 0 Å². The van der Waals surface area contributed by atoms with Crippen molar-refractivity contribution in [1.82, 2.24) is 15.0 Å². The summed E-state index contributed by atoms with van der Waals surface area (Å²) in [5.74, 6) is -1.49. The Labute approximate surface area is 121 Å². The Morgan fingerprint density at radius 2 is 2.14 bits per heavy atom. The molecule has 1 heterocycles. The molecule has 8 nitrogen and oxygen atoms in total. The molecule has 1 aromatic heterocycles. The standard InChI is InChI=1S/C13H15N5O3/c1-17(2)10-5-3-4-9(6-10)14-13(21)11-7-18(16-15-11)8-12(19)20/h3-7H,8H2,1-2H3,(H,14,21)(H,19,20). The summed E-state index contributed by atoms with van der Waals surface area (Å²) in [6.45, 7) is -0.337. The second-order valence-corrected chi connectivity index (χ2v) is 4.59. The first-order chi connectivity index (χ1) is 9.95. The molecule has 0 saturated heterocycles. The van der Waals surface area contributed by atoms with Crippen LogP contribution < -0.4 is 10.2 Å². The second kappa shape index (κ2) is 6.04. The number of rotatable bonds is 5. The first-order valence-electron chi connectivity index (χ1n) is 6.16. The van der Waals surface area contributed by atoms with Gasteiger partial charge in [0.2, 0.25) is 0 Å². The Morgan fingerprint density at radius 3 is 2.81 bits per heavy atom. The minimum Gasteiger partial charge on any atom is -0.480 e. The number of nitrogens with zero attached hydrogens (tertiary/aromatic N) is 4. The van der Waals surface area contributed by atoms with Crippen LogP contribution in [0.3, 0.4) is 0 Å². The number of aliphatic carboxylic acids is 1. The van der Waals surface area contributed by atoms with Crippen molar-refractivity contribution in [3.63, 3.8) is 0 Å². The van der Waals surface area contributed by atoms with E-state index in [0.717, 1.165) is 10.4 Å². The van der Waals surface area contributed by atoms with Crippen LogP contribution in [0.5, 0.6) is 0 Å². The maximum absolute atomic E-state index is 12.0. The summed E-state index contributed by atoms with van der Waals surface area (Å²) in [4.78, 5) is 24.5. The topological polar surface area (TPSA) is 100 Å². The zero-order chi connectivity index (χ0) is 15.4. The van der Waals surface area contributed by atoms with Gasteiger partial charge in [-0.25, -0.2) is 4.68 Å². The lowest BCUT2D eigenvalue weighted by molar-refractivity contribution is -0.137. The van der Waals surface area contributed by atoms with Crippen LogP contribution in [0.15, 0.2) is 30.5 Å². The summed E-state index contributed by atoms with van der Waals surface area (Å²) in [5, 5.41) is 18.6. The Kier molecular flexibility index (Phi) is 4.17. The van der Waals surface area contributed by atoms with Crippen molar-refractivity contribution in [2.75, 3.05) is 24.3 Å². The lowest BCUT2D eigenvalue weighted by Crippen LogP contribution is -2.14. The van der Waals surface area contributed by atoms with Gasteiger partial charge in [0.1, 0.15) is 6.54 Å². The van der Waals surface area contributed by atoms with Crippen molar-refractivity contribution in [3.8, 4) is 0 Å². The molecule has 0 aliphatic rings. The molecular formula is C13H15N5O3. The number of carboxylic acids is 1. The molecule has 1 aromatic carbocycles. The van der Waals surface area contributed by atoms with Gasteiger partial charge in [-0.15, -0.1) is 5.10 Å². The van der Waals surface area contributed by atoms with Crippen molar-refractivity contribution in [2.45, 2.75) is 6.54 Å². The zero-order valence-electron chi connectivity index (χ0n) is 11.6. The molecule has 0 bridgehead atoms. The fourth-order valence-corrected chi connectivity index (χ4v) is 1.68. The Balaban J connectivity index is 2.09. The molecule has 0 aliphatic carbocycles. The van der Waals surface area contributed by atoms with Crippen molar-refractivity contribution in [3.05, 3.63) is 36.2 Å². The molecule has 2 N–H and O–H groups in total. The van der Waals surface area contributed by atoms with E-state index in [0.29, 0.717) is 5.69 Å². The quantitative estimate of drug-likeness (QED) is 0.839. The highest BCUT2D eigenvalue weighted by atomic mass is 16.4. The third kappa shape index (κ3) is 3.78. The third-order valence-electron chi connectivity index (χ3n) is 2.69. The first-order valence-corrected chi connectivity index (χ1v) is 6.16.